The Kier molecular flexibility index (Phi) is 4.23. The molecule has 0 radical (unpaired) electrons. The van der Waals surface area contributed by atoms with Gasteiger partial charge in [-0.15, -0.1) is 0 Å². The van der Waals surface area contributed by atoms with E-state index in [1.807, 2.05) is 42.5 Å². The molecule has 0 aliphatic heterocycles. The van der Waals surface area contributed by atoms with Crippen LogP contribution >= 0.6 is 0 Å². The van der Waals surface area contributed by atoms with Gasteiger partial charge in [-0.3, -0.25) is 0 Å². The Morgan fingerprint density at radius 3 is 2.23 bits per heavy atom. The van der Waals surface area contributed by atoms with E-state index in [2.05, 4.69) is 0 Å². The molecule has 1 rings (SSSR count). The minimum Gasteiger partial charge on any atom is -0.396 e. The van der Waals surface area contributed by atoms with Crippen molar-refractivity contribution >= 4 is 6.08 Å². The van der Waals surface area contributed by atoms with Crippen LogP contribution in [0.5, 0.6) is 0 Å². The Morgan fingerprint density at radius 2 is 1.69 bits per heavy atom. The second-order valence-electron chi connectivity index (χ2n) is 2.90. The molecule has 0 spiro atoms. The normalized spacial score (nSPS) is 11.3. The fourth-order valence-electron chi connectivity index (χ4n) is 0.991. The zero-order chi connectivity index (χ0) is 9.52. The molecular formula is C11H14O2. The Bertz CT molecular complexity index is 250. The fraction of sp³-hybridized carbons (Fsp3) is 0.273. The summed E-state index contributed by atoms with van der Waals surface area (Å²) in [6.07, 6.45) is 3.71. The van der Waals surface area contributed by atoms with Crippen LogP contribution in [0.1, 0.15) is 5.56 Å². The molecule has 0 fully saturated rings. The third kappa shape index (κ3) is 3.40. The van der Waals surface area contributed by atoms with Crippen molar-refractivity contribution in [3.05, 3.63) is 42.0 Å². The largest absolute Gasteiger partial charge is 0.396 e. The van der Waals surface area contributed by atoms with Crippen molar-refractivity contribution in [1.82, 2.24) is 0 Å². The average molecular weight is 178 g/mol. The maximum atomic E-state index is 8.79. The van der Waals surface area contributed by atoms with E-state index in [0.29, 0.717) is 0 Å². The molecule has 0 bridgehead atoms. The number of rotatable bonds is 4. The summed E-state index contributed by atoms with van der Waals surface area (Å²) >= 11 is 0. The Hall–Kier alpha value is -1.12. The molecule has 0 saturated carbocycles. The monoisotopic (exact) mass is 178 g/mol. The molecule has 0 saturated heterocycles. The van der Waals surface area contributed by atoms with Crippen LogP contribution in [0.4, 0.5) is 0 Å². The summed E-state index contributed by atoms with van der Waals surface area (Å²) in [5.74, 6) is -0.153. The topological polar surface area (TPSA) is 40.5 Å². The van der Waals surface area contributed by atoms with Crippen molar-refractivity contribution in [1.29, 1.82) is 0 Å². The molecule has 2 N–H and O–H groups in total. The summed E-state index contributed by atoms with van der Waals surface area (Å²) in [5.41, 5.74) is 1.08. The Balaban J connectivity index is 2.57. The third-order valence-corrected chi connectivity index (χ3v) is 1.83. The Labute approximate surface area is 78.2 Å². The van der Waals surface area contributed by atoms with Gasteiger partial charge in [0.1, 0.15) is 0 Å². The summed E-state index contributed by atoms with van der Waals surface area (Å²) in [6, 6.07) is 9.80. The lowest BCUT2D eigenvalue weighted by Gasteiger charge is -2.02. The van der Waals surface area contributed by atoms with Gasteiger partial charge in [-0.05, 0) is 5.56 Å². The lowest BCUT2D eigenvalue weighted by atomic mass is 10.1. The first-order valence-electron chi connectivity index (χ1n) is 4.31. The van der Waals surface area contributed by atoms with E-state index in [1.165, 1.54) is 0 Å². The van der Waals surface area contributed by atoms with Gasteiger partial charge in [-0.25, -0.2) is 0 Å². The predicted molar refractivity (Wildman–Crippen MR) is 53.1 cm³/mol. The van der Waals surface area contributed by atoms with Gasteiger partial charge in [0.2, 0.25) is 0 Å². The first kappa shape index (κ1) is 9.96. The molecule has 0 aliphatic rings. The van der Waals surface area contributed by atoms with E-state index < -0.39 is 0 Å². The summed E-state index contributed by atoms with van der Waals surface area (Å²) < 4.78 is 0. The van der Waals surface area contributed by atoms with Gasteiger partial charge in [0.15, 0.2) is 0 Å². The average Bonchev–Trinajstić information content (AvgIpc) is 2.21. The van der Waals surface area contributed by atoms with Crippen molar-refractivity contribution in [3.63, 3.8) is 0 Å². The van der Waals surface area contributed by atoms with E-state index in [-0.39, 0.29) is 19.1 Å². The van der Waals surface area contributed by atoms with Crippen molar-refractivity contribution in [3.8, 4) is 0 Å². The highest BCUT2D eigenvalue weighted by atomic mass is 16.3. The predicted octanol–water partition coefficient (Wildman–Crippen LogP) is 1.30. The minimum absolute atomic E-state index is 0.0141. The molecule has 0 atom stereocenters. The summed E-state index contributed by atoms with van der Waals surface area (Å²) in [6.45, 7) is -0.0281. The molecule has 0 unspecified atom stereocenters. The number of aliphatic hydroxyl groups excluding tert-OH is 2. The van der Waals surface area contributed by atoms with Crippen LogP contribution in [0.2, 0.25) is 0 Å². The van der Waals surface area contributed by atoms with Crippen LogP contribution in [-0.4, -0.2) is 23.4 Å². The van der Waals surface area contributed by atoms with Gasteiger partial charge in [-0.1, -0.05) is 42.5 Å². The van der Waals surface area contributed by atoms with E-state index in [0.717, 1.165) is 5.56 Å². The van der Waals surface area contributed by atoms with Crippen LogP contribution in [0.3, 0.4) is 0 Å². The van der Waals surface area contributed by atoms with Crippen molar-refractivity contribution in [2.45, 2.75) is 0 Å². The molecule has 1 aromatic rings. The highest BCUT2D eigenvalue weighted by Gasteiger charge is 1.98. The maximum absolute atomic E-state index is 8.79. The van der Waals surface area contributed by atoms with E-state index in [1.54, 1.807) is 0 Å². The van der Waals surface area contributed by atoms with Gasteiger partial charge < -0.3 is 10.2 Å². The van der Waals surface area contributed by atoms with Crippen LogP contribution < -0.4 is 0 Å². The van der Waals surface area contributed by atoms with E-state index in [9.17, 15) is 0 Å². The fourth-order valence-corrected chi connectivity index (χ4v) is 0.991. The van der Waals surface area contributed by atoms with E-state index in [4.69, 9.17) is 10.2 Å². The van der Waals surface area contributed by atoms with Crippen LogP contribution in [0, 0.1) is 5.92 Å². The summed E-state index contributed by atoms with van der Waals surface area (Å²) in [4.78, 5) is 0. The maximum Gasteiger partial charge on any atom is 0.0515 e. The minimum atomic E-state index is -0.153. The molecule has 0 amide bonds. The molecule has 2 heteroatoms. The Morgan fingerprint density at radius 1 is 1.08 bits per heavy atom. The molecule has 2 nitrogen and oxygen atoms in total. The highest BCUT2D eigenvalue weighted by molar-refractivity contribution is 5.48. The SMILES string of the molecule is OCC(C=Cc1ccccc1)CO. The lowest BCUT2D eigenvalue weighted by Crippen LogP contribution is -2.06. The first-order chi connectivity index (χ1) is 6.36. The van der Waals surface area contributed by atoms with Gasteiger partial charge in [0.05, 0.1) is 13.2 Å². The second kappa shape index (κ2) is 5.51. The molecule has 0 aromatic heterocycles. The van der Waals surface area contributed by atoms with Gasteiger partial charge in [0.25, 0.3) is 0 Å². The molecule has 70 valence electrons. The highest BCUT2D eigenvalue weighted by Crippen LogP contribution is 2.04. The van der Waals surface area contributed by atoms with Crippen molar-refractivity contribution in [2.75, 3.05) is 13.2 Å². The zero-order valence-corrected chi connectivity index (χ0v) is 7.43. The second-order valence-corrected chi connectivity index (χ2v) is 2.90. The number of aliphatic hydroxyl groups is 2. The molecule has 0 aliphatic carbocycles. The van der Waals surface area contributed by atoms with Crippen LogP contribution in [0.15, 0.2) is 36.4 Å². The molecule has 1 aromatic carbocycles. The molecule has 0 heterocycles. The van der Waals surface area contributed by atoms with Gasteiger partial charge in [0, 0.05) is 5.92 Å². The number of hydrogen-bond acceptors (Lipinski definition) is 2. The molecule has 13 heavy (non-hydrogen) atoms. The van der Waals surface area contributed by atoms with E-state index >= 15 is 0 Å². The smallest absolute Gasteiger partial charge is 0.0515 e. The number of hydrogen-bond donors (Lipinski definition) is 2. The van der Waals surface area contributed by atoms with Crippen molar-refractivity contribution < 1.29 is 10.2 Å². The molecular weight excluding hydrogens is 164 g/mol. The standard InChI is InChI=1S/C11H14O2/c12-8-11(9-13)7-6-10-4-2-1-3-5-10/h1-7,11-13H,8-9H2. The van der Waals surface area contributed by atoms with Crippen molar-refractivity contribution in [2.24, 2.45) is 5.92 Å². The lowest BCUT2D eigenvalue weighted by molar-refractivity contribution is 0.178. The van der Waals surface area contributed by atoms with Gasteiger partial charge >= 0.3 is 0 Å². The zero-order valence-electron chi connectivity index (χ0n) is 7.43. The third-order valence-electron chi connectivity index (χ3n) is 1.83. The summed E-state index contributed by atoms with van der Waals surface area (Å²) in [5, 5.41) is 17.6. The first-order valence-corrected chi connectivity index (χ1v) is 4.31. The summed E-state index contributed by atoms with van der Waals surface area (Å²) in [7, 11) is 0. The van der Waals surface area contributed by atoms with Crippen LogP contribution in [0.25, 0.3) is 6.08 Å². The quantitative estimate of drug-likeness (QED) is 0.729. The van der Waals surface area contributed by atoms with Crippen LogP contribution in [-0.2, 0) is 0 Å². The van der Waals surface area contributed by atoms with Gasteiger partial charge in [-0.2, -0.15) is 0 Å². The number of benzene rings is 1.